The molecule has 0 saturated heterocycles. The lowest BCUT2D eigenvalue weighted by molar-refractivity contribution is -0.126. The highest BCUT2D eigenvalue weighted by atomic mass is 32.1. The second-order valence-electron chi connectivity index (χ2n) is 5.13. The molecule has 0 spiro atoms. The number of hydrogen-bond donors (Lipinski definition) is 2. The molecule has 5 heteroatoms. The van der Waals surface area contributed by atoms with Crippen molar-refractivity contribution in [3.05, 3.63) is 29.8 Å². The molecule has 1 amide bonds. The van der Waals surface area contributed by atoms with Crippen LogP contribution in [0.4, 0.5) is 5.69 Å². The summed E-state index contributed by atoms with van der Waals surface area (Å²) in [7, 11) is 0. The number of nitrogens with two attached hydrogens (primary N) is 1. The zero-order valence-corrected chi connectivity index (χ0v) is 13.0. The Morgan fingerprint density at radius 2 is 2.10 bits per heavy atom. The Kier molecular flexibility index (Phi) is 6.61. The quantitative estimate of drug-likeness (QED) is 0.759. The van der Waals surface area contributed by atoms with E-state index >= 15 is 0 Å². The van der Waals surface area contributed by atoms with Crippen molar-refractivity contribution in [2.45, 2.75) is 33.3 Å². The van der Waals surface area contributed by atoms with Gasteiger partial charge in [-0.3, -0.25) is 4.79 Å². The van der Waals surface area contributed by atoms with Crippen molar-refractivity contribution in [3.63, 3.8) is 0 Å². The maximum atomic E-state index is 12.0. The Hall–Kier alpha value is -1.46. The van der Waals surface area contributed by atoms with E-state index in [2.05, 4.69) is 19.2 Å². The Balaban J connectivity index is 2.52. The summed E-state index contributed by atoms with van der Waals surface area (Å²) in [5.41, 5.74) is 6.96. The van der Waals surface area contributed by atoms with Gasteiger partial charge in [0.05, 0.1) is 0 Å². The van der Waals surface area contributed by atoms with Gasteiger partial charge >= 0.3 is 0 Å². The number of benzene rings is 1. The van der Waals surface area contributed by atoms with Crippen LogP contribution in [0.15, 0.2) is 24.3 Å². The Bertz CT molecular complexity index is 475. The van der Waals surface area contributed by atoms with E-state index in [4.69, 9.17) is 22.7 Å². The van der Waals surface area contributed by atoms with Gasteiger partial charge in [0.25, 0.3) is 5.91 Å². The number of nitrogens with one attached hydrogen (secondary N) is 1. The predicted octanol–water partition coefficient (Wildman–Crippen LogP) is 2.71. The highest BCUT2D eigenvalue weighted by Crippen LogP contribution is 2.11. The third-order valence-corrected chi connectivity index (χ3v) is 3.08. The number of ether oxygens (including phenoxy) is 1. The van der Waals surface area contributed by atoms with Crippen LogP contribution >= 0.6 is 12.2 Å². The van der Waals surface area contributed by atoms with Crippen LogP contribution in [0.2, 0.25) is 0 Å². The van der Waals surface area contributed by atoms with Gasteiger partial charge in [-0.05, 0) is 31.4 Å². The Morgan fingerprint density at radius 1 is 1.40 bits per heavy atom. The highest BCUT2D eigenvalue weighted by Gasteiger charge is 2.13. The first-order valence-corrected chi connectivity index (χ1v) is 7.13. The molecule has 0 heterocycles. The molecule has 0 aliphatic heterocycles. The molecule has 0 aliphatic carbocycles. The maximum absolute atomic E-state index is 12.0. The van der Waals surface area contributed by atoms with E-state index in [9.17, 15) is 4.79 Å². The largest absolute Gasteiger partial charge is 0.389 e. The van der Waals surface area contributed by atoms with Crippen molar-refractivity contribution >= 4 is 28.8 Å². The topological polar surface area (TPSA) is 64.3 Å². The molecule has 0 aromatic heterocycles. The first-order chi connectivity index (χ1) is 9.40. The second kappa shape index (κ2) is 7.97. The van der Waals surface area contributed by atoms with Crippen LogP contribution in [0.25, 0.3) is 0 Å². The van der Waals surface area contributed by atoms with Gasteiger partial charge in [-0.25, -0.2) is 0 Å². The van der Waals surface area contributed by atoms with Crippen molar-refractivity contribution in [2.24, 2.45) is 11.7 Å². The van der Waals surface area contributed by atoms with Crippen LogP contribution in [0, 0.1) is 5.92 Å². The average molecular weight is 294 g/mol. The Morgan fingerprint density at radius 3 is 2.70 bits per heavy atom. The maximum Gasteiger partial charge on any atom is 0.253 e. The number of amides is 1. The molecule has 1 rings (SSSR count). The number of rotatable bonds is 7. The predicted molar refractivity (Wildman–Crippen MR) is 85.8 cm³/mol. The van der Waals surface area contributed by atoms with E-state index in [-0.39, 0.29) is 5.91 Å². The zero-order valence-electron chi connectivity index (χ0n) is 12.2. The Labute approximate surface area is 125 Å². The van der Waals surface area contributed by atoms with E-state index in [0.717, 1.165) is 12.0 Å². The van der Waals surface area contributed by atoms with Crippen molar-refractivity contribution in [1.29, 1.82) is 0 Å². The number of hydrogen-bond acceptors (Lipinski definition) is 3. The van der Waals surface area contributed by atoms with Gasteiger partial charge in [0.2, 0.25) is 0 Å². The molecule has 0 radical (unpaired) electrons. The van der Waals surface area contributed by atoms with E-state index in [0.29, 0.717) is 23.2 Å². The summed E-state index contributed by atoms with van der Waals surface area (Å²) >= 11 is 4.91. The SMILES string of the molecule is CC(C)CCOC(C)C(=O)Nc1cccc(C(N)=S)c1. The van der Waals surface area contributed by atoms with Crippen LogP contribution in [0.5, 0.6) is 0 Å². The fraction of sp³-hybridized carbons (Fsp3) is 0.467. The summed E-state index contributed by atoms with van der Waals surface area (Å²) in [5, 5.41) is 2.80. The summed E-state index contributed by atoms with van der Waals surface area (Å²) in [6.07, 6.45) is 0.455. The summed E-state index contributed by atoms with van der Waals surface area (Å²) in [5.74, 6) is 0.390. The standard InChI is InChI=1S/C15H22N2O2S/c1-10(2)7-8-19-11(3)15(18)17-13-6-4-5-12(9-13)14(16)20/h4-6,9-11H,7-8H2,1-3H3,(H2,16,20)(H,17,18). The fourth-order valence-corrected chi connectivity index (χ4v) is 1.68. The zero-order chi connectivity index (χ0) is 15.1. The first kappa shape index (κ1) is 16.6. The molecule has 0 bridgehead atoms. The van der Waals surface area contributed by atoms with Crippen LogP contribution in [-0.4, -0.2) is 23.6 Å². The summed E-state index contributed by atoms with van der Waals surface area (Å²) in [4.78, 5) is 12.3. The van der Waals surface area contributed by atoms with Crippen molar-refractivity contribution in [1.82, 2.24) is 0 Å². The summed E-state index contributed by atoms with van der Waals surface area (Å²) < 4.78 is 5.50. The van der Waals surface area contributed by atoms with Crippen molar-refractivity contribution in [2.75, 3.05) is 11.9 Å². The number of anilines is 1. The molecular weight excluding hydrogens is 272 g/mol. The van der Waals surface area contributed by atoms with Gasteiger partial charge < -0.3 is 15.8 Å². The van der Waals surface area contributed by atoms with Gasteiger partial charge in [-0.15, -0.1) is 0 Å². The highest BCUT2D eigenvalue weighted by molar-refractivity contribution is 7.80. The molecule has 20 heavy (non-hydrogen) atoms. The lowest BCUT2D eigenvalue weighted by Gasteiger charge is -2.14. The smallest absolute Gasteiger partial charge is 0.253 e. The lowest BCUT2D eigenvalue weighted by atomic mass is 10.1. The lowest BCUT2D eigenvalue weighted by Crippen LogP contribution is -2.28. The first-order valence-electron chi connectivity index (χ1n) is 6.72. The van der Waals surface area contributed by atoms with Gasteiger partial charge in [0.15, 0.2) is 0 Å². The normalized spacial score (nSPS) is 12.2. The van der Waals surface area contributed by atoms with Crippen molar-refractivity contribution in [3.8, 4) is 0 Å². The average Bonchev–Trinajstić information content (AvgIpc) is 2.38. The monoisotopic (exact) mass is 294 g/mol. The second-order valence-corrected chi connectivity index (χ2v) is 5.57. The third kappa shape index (κ3) is 5.67. The van der Waals surface area contributed by atoms with E-state index < -0.39 is 6.10 Å². The van der Waals surface area contributed by atoms with Crippen molar-refractivity contribution < 1.29 is 9.53 Å². The number of thiocarbonyl (C=S) groups is 1. The molecule has 0 fully saturated rings. The minimum absolute atomic E-state index is 0.172. The van der Waals surface area contributed by atoms with Gasteiger partial charge in [-0.2, -0.15) is 0 Å². The molecular formula is C15H22N2O2S. The molecule has 0 saturated carbocycles. The van der Waals surface area contributed by atoms with Crippen LogP contribution in [0.3, 0.4) is 0 Å². The molecule has 0 aliphatic rings. The van der Waals surface area contributed by atoms with Gasteiger partial charge in [-0.1, -0.05) is 38.2 Å². The minimum atomic E-state index is -0.484. The van der Waals surface area contributed by atoms with E-state index in [1.54, 1.807) is 31.2 Å². The molecule has 1 aromatic rings. The van der Waals surface area contributed by atoms with Crippen LogP contribution in [0.1, 0.15) is 32.8 Å². The number of carbonyl (C=O) groups excluding carboxylic acids is 1. The molecule has 1 unspecified atom stereocenters. The summed E-state index contributed by atoms with van der Waals surface area (Å²) in [6.45, 7) is 6.57. The molecule has 1 atom stereocenters. The van der Waals surface area contributed by atoms with E-state index in [1.807, 2.05) is 0 Å². The van der Waals surface area contributed by atoms with Crippen LogP contribution in [-0.2, 0) is 9.53 Å². The molecule has 110 valence electrons. The fourth-order valence-electron chi connectivity index (χ4n) is 1.55. The van der Waals surface area contributed by atoms with Crippen LogP contribution < -0.4 is 11.1 Å². The third-order valence-electron chi connectivity index (χ3n) is 2.85. The minimum Gasteiger partial charge on any atom is -0.389 e. The molecule has 3 N–H and O–H groups in total. The number of carbonyl (C=O) groups is 1. The van der Waals surface area contributed by atoms with E-state index in [1.165, 1.54) is 0 Å². The van der Waals surface area contributed by atoms with Gasteiger partial charge in [0, 0.05) is 17.9 Å². The van der Waals surface area contributed by atoms with Gasteiger partial charge in [0.1, 0.15) is 11.1 Å². The summed E-state index contributed by atoms with van der Waals surface area (Å²) in [6, 6.07) is 7.15. The molecule has 4 nitrogen and oxygen atoms in total. The molecule has 1 aromatic carbocycles.